The fraction of sp³-hybridized carbons (Fsp3) is 0.625. The SMILES string of the molecule is CCCNC(CSCC)CC1Cc2ccccc21. The lowest BCUT2D eigenvalue weighted by atomic mass is 9.74. The van der Waals surface area contributed by atoms with Crippen LogP contribution in [0.15, 0.2) is 24.3 Å². The Bertz CT molecular complexity index is 356. The van der Waals surface area contributed by atoms with Gasteiger partial charge in [-0.2, -0.15) is 11.8 Å². The molecule has 2 atom stereocenters. The lowest BCUT2D eigenvalue weighted by Gasteiger charge is -2.33. The molecular formula is C16H25NS. The quantitative estimate of drug-likeness (QED) is 0.765. The van der Waals surface area contributed by atoms with E-state index in [4.69, 9.17) is 0 Å². The smallest absolute Gasteiger partial charge is 0.0164 e. The van der Waals surface area contributed by atoms with Gasteiger partial charge in [0.2, 0.25) is 0 Å². The third kappa shape index (κ3) is 3.52. The van der Waals surface area contributed by atoms with Crippen molar-refractivity contribution in [2.75, 3.05) is 18.1 Å². The zero-order chi connectivity index (χ0) is 12.8. The second-order valence-corrected chi connectivity index (χ2v) is 6.47. The van der Waals surface area contributed by atoms with Crippen LogP contribution in [-0.2, 0) is 6.42 Å². The molecule has 1 aliphatic rings. The Morgan fingerprint density at radius 2 is 2.17 bits per heavy atom. The summed E-state index contributed by atoms with van der Waals surface area (Å²) in [5, 5.41) is 3.71. The number of hydrogen-bond donors (Lipinski definition) is 1. The standard InChI is InChI=1S/C16H25NS/c1-3-9-17-15(12-18-4-2)11-14-10-13-7-5-6-8-16(13)14/h5-8,14-15,17H,3-4,9-12H2,1-2H3. The maximum absolute atomic E-state index is 3.71. The Hall–Kier alpha value is -0.470. The van der Waals surface area contributed by atoms with E-state index in [1.807, 2.05) is 0 Å². The van der Waals surface area contributed by atoms with Gasteiger partial charge in [-0.05, 0) is 48.6 Å². The van der Waals surface area contributed by atoms with Gasteiger partial charge < -0.3 is 5.32 Å². The van der Waals surface area contributed by atoms with E-state index in [0.29, 0.717) is 6.04 Å². The lowest BCUT2D eigenvalue weighted by Crippen LogP contribution is -2.35. The molecule has 2 rings (SSSR count). The van der Waals surface area contributed by atoms with Gasteiger partial charge in [-0.25, -0.2) is 0 Å². The molecule has 100 valence electrons. The molecular weight excluding hydrogens is 238 g/mol. The van der Waals surface area contributed by atoms with Crippen LogP contribution in [0.3, 0.4) is 0 Å². The molecule has 0 heterocycles. The van der Waals surface area contributed by atoms with E-state index in [1.165, 1.54) is 30.8 Å². The molecule has 1 nitrogen and oxygen atoms in total. The predicted molar refractivity (Wildman–Crippen MR) is 82.6 cm³/mol. The van der Waals surface area contributed by atoms with Crippen LogP contribution in [0.2, 0.25) is 0 Å². The van der Waals surface area contributed by atoms with Crippen molar-refractivity contribution in [3.63, 3.8) is 0 Å². The average molecular weight is 263 g/mol. The van der Waals surface area contributed by atoms with Crippen molar-refractivity contribution in [3.8, 4) is 0 Å². The maximum atomic E-state index is 3.71. The zero-order valence-electron chi connectivity index (χ0n) is 11.6. The molecule has 1 N–H and O–H groups in total. The number of thioether (sulfide) groups is 1. The summed E-state index contributed by atoms with van der Waals surface area (Å²) in [6, 6.07) is 9.62. The molecule has 0 saturated heterocycles. The predicted octanol–water partition coefficient (Wildman–Crippen LogP) is 3.84. The van der Waals surface area contributed by atoms with Gasteiger partial charge in [0.25, 0.3) is 0 Å². The summed E-state index contributed by atoms with van der Waals surface area (Å²) in [5.74, 6) is 3.29. The van der Waals surface area contributed by atoms with E-state index >= 15 is 0 Å². The van der Waals surface area contributed by atoms with Crippen LogP contribution in [0.5, 0.6) is 0 Å². The Morgan fingerprint density at radius 3 is 2.89 bits per heavy atom. The fourth-order valence-electron chi connectivity index (χ4n) is 2.74. The highest BCUT2D eigenvalue weighted by molar-refractivity contribution is 7.99. The van der Waals surface area contributed by atoms with Crippen LogP contribution in [0.1, 0.15) is 43.7 Å². The second-order valence-electron chi connectivity index (χ2n) is 5.15. The van der Waals surface area contributed by atoms with Crippen LogP contribution in [0.25, 0.3) is 0 Å². The van der Waals surface area contributed by atoms with Crippen LogP contribution in [-0.4, -0.2) is 24.1 Å². The highest BCUT2D eigenvalue weighted by atomic mass is 32.2. The van der Waals surface area contributed by atoms with Gasteiger partial charge in [-0.3, -0.25) is 0 Å². The third-order valence-corrected chi connectivity index (χ3v) is 4.78. The van der Waals surface area contributed by atoms with Crippen LogP contribution >= 0.6 is 11.8 Å². The first-order valence-corrected chi connectivity index (χ1v) is 8.39. The second kappa shape index (κ2) is 7.20. The van der Waals surface area contributed by atoms with Gasteiger partial charge in [0.1, 0.15) is 0 Å². The fourth-order valence-corrected chi connectivity index (χ4v) is 3.51. The first-order valence-electron chi connectivity index (χ1n) is 7.24. The van der Waals surface area contributed by atoms with E-state index in [0.717, 1.165) is 12.5 Å². The summed E-state index contributed by atoms with van der Waals surface area (Å²) < 4.78 is 0. The molecule has 0 bridgehead atoms. The Morgan fingerprint density at radius 1 is 1.33 bits per heavy atom. The van der Waals surface area contributed by atoms with E-state index in [9.17, 15) is 0 Å². The van der Waals surface area contributed by atoms with Crippen molar-refractivity contribution in [1.29, 1.82) is 0 Å². The lowest BCUT2D eigenvalue weighted by molar-refractivity contribution is 0.444. The van der Waals surface area contributed by atoms with Gasteiger partial charge >= 0.3 is 0 Å². The minimum Gasteiger partial charge on any atom is -0.313 e. The van der Waals surface area contributed by atoms with Gasteiger partial charge in [0.05, 0.1) is 0 Å². The van der Waals surface area contributed by atoms with E-state index in [-0.39, 0.29) is 0 Å². The molecule has 0 saturated carbocycles. The average Bonchev–Trinajstić information content (AvgIpc) is 2.38. The molecule has 0 aromatic heterocycles. The number of hydrogen-bond acceptors (Lipinski definition) is 2. The third-order valence-electron chi connectivity index (χ3n) is 3.74. The van der Waals surface area contributed by atoms with Crippen molar-refractivity contribution < 1.29 is 0 Å². The molecule has 0 radical (unpaired) electrons. The van der Waals surface area contributed by atoms with Crippen molar-refractivity contribution in [2.45, 2.75) is 45.1 Å². The van der Waals surface area contributed by atoms with Crippen LogP contribution in [0, 0.1) is 0 Å². The minimum atomic E-state index is 0.688. The van der Waals surface area contributed by atoms with Crippen LogP contribution in [0.4, 0.5) is 0 Å². The molecule has 1 aliphatic carbocycles. The van der Waals surface area contributed by atoms with Gasteiger partial charge in [-0.1, -0.05) is 38.1 Å². The molecule has 1 aromatic rings. The molecule has 18 heavy (non-hydrogen) atoms. The van der Waals surface area contributed by atoms with Crippen molar-refractivity contribution in [2.24, 2.45) is 0 Å². The van der Waals surface area contributed by atoms with Gasteiger partial charge in [0, 0.05) is 11.8 Å². The summed E-state index contributed by atoms with van der Waals surface area (Å²) in [4.78, 5) is 0. The summed E-state index contributed by atoms with van der Waals surface area (Å²) in [6.07, 6.45) is 3.83. The molecule has 1 aromatic carbocycles. The Kier molecular flexibility index (Phi) is 5.58. The summed E-state index contributed by atoms with van der Waals surface area (Å²) in [5.41, 5.74) is 3.17. The zero-order valence-corrected chi connectivity index (χ0v) is 12.4. The van der Waals surface area contributed by atoms with Gasteiger partial charge in [0.15, 0.2) is 0 Å². The minimum absolute atomic E-state index is 0.688. The normalized spacial score (nSPS) is 19.1. The summed E-state index contributed by atoms with van der Waals surface area (Å²) >= 11 is 2.06. The largest absolute Gasteiger partial charge is 0.313 e. The van der Waals surface area contributed by atoms with Crippen molar-refractivity contribution >= 4 is 11.8 Å². The molecule has 0 spiro atoms. The highest BCUT2D eigenvalue weighted by Gasteiger charge is 2.27. The van der Waals surface area contributed by atoms with Crippen molar-refractivity contribution in [1.82, 2.24) is 5.32 Å². The summed E-state index contributed by atoms with van der Waals surface area (Å²) in [6.45, 7) is 5.65. The topological polar surface area (TPSA) is 12.0 Å². The number of fused-ring (bicyclic) bond motifs is 1. The van der Waals surface area contributed by atoms with E-state index in [1.54, 1.807) is 11.1 Å². The van der Waals surface area contributed by atoms with E-state index in [2.05, 4.69) is 55.2 Å². The molecule has 2 heteroatoms. The first kappa shape index (κ1) is 14.0. The molecule has 0 aliphatic heterocycles. The van der Waals surface area contributed by atoms with Gasteiger partial charge in [-0.15, -0.1) is 0 Å². The monoisotopic (exact) mass is 263 g/mol. The molecule has 0 amide bonds. The maximum Gasteiger partial charge on any atom is 0.0164 e. The van der Waals surface area contributed by atoms with E-state index < -0.39 is 0 Å². The van der Waals surface area contributed by atoms with Crippen molar-refractivity contribution in [3.05, 3.63) is 35.4 Å². The molecule has 0 fully saturated rings. The number of rotatable bonds is 8. The number of benzene rings is 1. The Labute approximate surface area is 116 Å². The molecule has 2 unspecified atom stereocenters. The highest BCUT2D eigenvalue weighted by Crippen LogP contribution is 2.38. The summed E-state index contributed by atoms with van der Waals surface area (Å²) in [7, 11) is 0. The number of nitrogens with one attached hydrogen (secondary N) is 1. The first-order chi connectivity index (χ1) is 8.85. The Balaban J connectivity index is 1.85. The van der Waals surface area contributed by atoms with Crippen LogP contribution < -0.4 is 5.32 Å².